The van der Waals surface area contributed by atoms with Crippen LogP contribution in [0.5, 0.6) is 0 Å². The second-order valence-corrected chi connectivity index (χ2v) is 1.34. The summed E-state index contributed by atoms with van der Waals surface area (Å²) in [6.45, 7) is 0. The molecule has 19 heteroatoms. The molecule has 19 heavy (non-hydrogen) atoms. The second-order valence-electron chi connectivity index (χ2n) is 0.448. The molecule has 0 heterocycles. The van der Waals surface area contributed by atoms with E-state index in [0.29, 0.717) is 0 Å². The SMILES string of the molecule is O.O.O.O.O.O.O.O.O.O.O.O.O=S(=O)(O)O.[Co].[Ni]. The minimum Gasteiger partial charge on any atom is -0.412 e. The van der Waals surface area contributed by atoms with Crippen molar-refractivity contribution in [2.75, 3.05) is 0 Å². The Balaban J connectivity index is -0.000000000879. The molecule has 0 saturated heterocycles. The van der Waals surface area contributed by atoms with E-state index in [0.717, 1.165) is 0 Å². The van der Waals surface area contributed by atoms with Crippen LogP contribution in [0.25, 0.3) is 0 Å². The molecule has 26 N–H and O–H groups in total. The molecular formula is H26CoNiO16S. The second kappa shape index (κ2) is 136. The van der Waals surface area contributed by atoms with Crippen LogP contribution in [-0.4, -0.2) is 83.2 Å². The van der Waals surface area contributed by atoms with Crippen molar-refractivity contribution < 1.29 is 117 Å². The Morgan fingerprint density at radius 1 is 0.474 bits per heavy atom. The summed E-state index contributed by atoms with van der Waals surface area (Å²) in [7, 11) is -4.67. The van der Waals surface area contributed by atoms with E-state index in [-0.39, 0.29) is 99.0 Å². The zero-order valence-corrected chi connectivity index (χ0v) is 11.6. The van der Waals surface area contributed by atoms with E-state index >= 15 is 0 Å². The van der Waals surface area contributed by atoms with E-state index in [1.54, 1.807) is 0 Å². The number of hydrogen-bond acceptors (Lipinski definition) is 2. The van der Waals surface area contributed by atoms with Crippen molar-refractivity contribution in [1.29, 1.82) is 0 Å². The molecule has 0 saturated carbocycles. The molecule has 0 aromatic rings. The van der Waals surface area contributed by atoms with Crippen LogP contribution in [0.2, 0.25) is 0 Å². The molecule has 0 aromatic heterocycles. The maximum atomic E-state index is 8.74. The molecule has 0 aliphatic heterocycles. The first-order valence-electron chi connectivity index (χ1n) is 0.698. The van der Waals surface area contributed by atoms with Gasteiger partial charge in [-0.2, -0.15) is 8.42 Å². The quantitative estimate of drug-likeness (QED) is 0.278. The zero-order chi connectivity index (χ0) is 4.50. The molecule has 147 valence electrons. The van der Waals surface area contributed by atoms with Crippen LogP contribution in [0.1, 0.15) is 0 Å². The minimum atomic E-state index is -4.67. The van der Waals surface area contributed by atoms with Gasteiger partial charge in [-0.05, 0) is 0 Å². The third kappa shape index (κ3) is 32500. The fourth-order valence-electron chi connectivity index (χ4n) is 0. The van der Waals surface area contributed by atoms with Gasteiger partial charge in [0.2, 0.25) is 0 Å². The molecule has 0 aromatic carbocycles. The smallest absolute Gasteiger partial charge is 0.394 e. The number of rotatable bonds is 0. The molecule has 0 aliphatic rings. The van der Waals surface area contributed by atoms with E-state index < -0.39 is 10.4 Å². The van der Waals surface area contributed by atoms with Gasteiger partial charge in [0.1, 0.15) is 0 Å². The van der Waals surface area contributed by atoms with Crippen LogP contribution < -0.4 is 0 Å². The maximum Gasteiger partial charge on any atom is 0.394 e. The standard InChI is InChI=1S/Co.Ni.H2O4S.12H2O/c;;1-5(2,3)4;;;;;;;;;;;;/h;;(H2,1,2,3,4);12*1H2. The van der Waals surface area contributed by atoms with Gasteiger partial charge >= 0.3 is 10.4 Å². The van der Waals surface area contributed by atoms with E-state index in [9.17, 15) is 0 Å². The number of hydrogen-bond donors (Lipinski definition) is 2. The first-order valence-corrected chi connectivity index (χ1v) is 2.10. The van der Waals surface area contributed by atoms with Crippen molar-refractivity contribution in [2.24, 2.45) is 0 Å². The summed E-state index contributed by atoms with van der Waals surface area (Å²) in [6, 6.07) is 0. The van der Waals surface area contributed by atoms with Gasteiger partial charge in [-0.25, -0.2) is 0 Å². The van der Waals surface area contributed by atoms with Crippen molar-refractivity contribution in [2.45, 2.75) is 0 Å². The van der Waals surface area contributed by atoms with Crippen LogP contribution in [0, 0.1) is 0 Å². The van der Waals surface area contributed by atoms with Gasteiger partial charge < -0.3 is 65.7 Å². The monoisotopic (exact) mass is 431 g/mol. The summed E-state index contributed by atoms with van der Waals surface area (Å²) in [6.07, 6.45) is 0. The van der Waals surface area contributed by atoms with Gasteiger partial charge in [0.25, 0.3) is 0 Å². The van der Waals surface area contributed by atoms with Crippen LogP contribution in [0.4, 0.5) is 0 Å². The summed E-state index contributed by atoms with van der Waals surface area (Å²) in [5.74, 6) is 0. The predicted molar refractivity (Wildman–Crippen MR) is 57.5 cm³/mol. The Kier molecular flexibility index (Phi) is 2440. The van der Waals surface area contributed by atoms with Gasteiger partial charge in [-0.15, -0.1) is 0 Å². The molecule has 0 fully saturated rings. The minimum absolute atomic E-state index is 0. The molecule has 0 bridgehead atoms. The van der Waals surface area contributed by atoms with Crippen molar-refractivity contribution in [3.63, 3.8) is 0 Å². The molecule has 0 amide bonds. The fraction of sp³-hybridized carbons (Fsp3) is 0. The Bertz CT molecular complexity index is 99.9. The van der Waals surface area contributed by atoms with Crippen LogP contribution in [0.15, 0.2) is 0 Å². The Labute approximate surface area is 127 Å². The Morgan fingerprint density at radius 3 is 0.474 bits per heavy atom. The average Bonchev–Trinajstić information content (AvgIpc) is 0.722. The predicted octanol–water partition coefficient (Wildman–Crippen LogP) is -10.6. The Hall–Kier alpha value is 0.390. The summed E-state index contributed by atoms with van der Waals surface area (Å²) < 4.78 is 31.6. The summed E-state index contributed by atoms with van der Waals surface area (Å²) >= 11 is 0. The molecule has 16 nitrogen and oxygen atoms in total. The molecule has 0 spiro atoms. The molecule has 0 atom stereocenters. The molecule has 0 rings (SSSR count). The summed E-state index contributed by atoms with van der Waals surface area (Å²) in [4.78, 5) is 0. The van der Waals surface area contributed by atoms with Crippen molar-refractivity contribution in [3.8, 4) is 0 Å². The summed E-state index contributed by atoms with van der Waals surface area (Å²) in [5.41, 5.74) is 0. The molecule has 1 radical (unpaired) electrons. The fourth-order valence-corrected chi connectivity index (χ4v) is 0. The third-order valence-electron chi connectivity index (χ3n) is 0. The maximum absolute atomic E-state index is 8.74. The van der Waals surface area contributed by atoms with Gasteiger partial charge in [-0.3, -0.25) is 9.11 Å². The average molecular weight is 432 g/mol. The molecule has 0 aliphatic carbocycles. The van der Waals surface area contributed by atoms with Gasteiger partial charge in [0.15, 0.2) is 0 Å². The third-order valence-corrected chi connectivity index (χ3v) is 0. The topological polar surface area (TPSA) is 453 Å². The normalized spacial score (nSPS) is 3.05. The van der Waals surface area contributed by atoms with E-state index in [2.05, 4.69) is 0 Å². The molecule has 0 unspecified atom stereocenters. The zero-order valence-electron chi connectivity index (χ0n) is 8.77. The van der Waals surface area contributed by atoms with Gasteiger partial charge in [-0.1, -0.05) is 0 Å². The van der Waals surface area contributed by atoms with Gasteiger partial charge in [0.05, 0.1) is 0 Å². The first kappa shape index (κ1) is 340. The Morgan fingerprint density at radius 2 is 0.474 bits per heavy atom. The van der Waals surface area contributed by atoms with Crippen LogP contribution in [-0.2, 0) is 43.7 Å². The van der Waals surface area contributed by atoms with Crippen LogP contribution >= 0.6 is 0 Å². The van der Waals surface area contributed by atoms with Crippen molar-refractivity contribution in [1.82, 2.24) is 0 Å². The molecular weight excluding hydrogens is 406 g/mol. The summed E-state index contributed by atoms with van der Waals surface area (Å²) in [5, 5.41) is 0. The largest absolute Gasteiger partial charge is 0.412 e. The van der Waals surface area contributed by atoms with Crippen molar-refractivity contribution in [3.05, 3.63) is 0 Å². The first-order chi connectivity index (χ1) is 2.00. The van der Waals surface area contributed by atoms with Gasteiger partial charge in [0, 0.05) is 33.3 Å². The van der Waals surface area contributed by atoms with E-state index in [1.807, 2.05) is 0 Å². The van der Waals surface area contributed by atoms with E-state index in [4.69, 9.17) is 17.5 Å². The van der Waals surface area contributed by atoms with E-state index in [1.165, 1.54) is 0 Å². The van der Waals surface area contributed by atoms with Crippen LogP contribution in [0.3, 0.4) is 0 Å². The van der Waals surface area contributed by atoms with Crippen molar-refractivity contribution >= 4 is 10.4 Å².